The van der Waals surface area contributed by atoms with E-state index in [0.29, 0.717) is 48.5 Å². The van der Waals surface area contributed by atoms with Gasteiger partial charge in [0, 0.05) is 36.5 Å². The molecule has 2 atom stereocenters. The van der Waals surface area contributed by atoms with E-state index in [9.17, 15) is 9.59 Å². The predicted molar refractivity (Wildman–Crippen MR) is 185 cm³/mol. The fourth-order valence-electron chi connectivity index (χ4n) is 5.54. The van der Waals surface area contributed by atoms with Crippen molar-refractivity contribution in [2.24, 2.45) is 10.1 Å². The molecular weight excluding hydrogens is 626 g/mol. The Kier molecular flexibility index (Phi) is 13.0. The molecule has 49 heavy (non-hydrogen) atoms. The van der Waals surface area contributed by atoms with E-state index >= 15 is 0 Å². The van der Waals surface area contributed by atoms with Crippen LogP contribution in [-0.2, 0) is 32.0 Å². The number of ether oxygens (including phenoxy) is 4. The normalized spacial score (nSPS) is 16.9. The summed E-state index contributed by atoms with van der Waals surface area (Å²) >= 11 is 0. The number of aliphatic imine (C=N–C) groups is 1. The molecular formula is C37H45N5O7. The van der Waals surface area contributed by atoms with Gasteiger partial charge in [-0.2, -0.15) is 0 Å². The second kappa shape index (κ2) is 17.4. The molecule has 1 aliphatic heterocycles. The van der Waals surface area contributed by atoms with E-state index in [-0.39, 0.29) is 38.4 Å². The van der Waals surface area contributed by atoms with Gasteiger partial charge in [-0.3, -0.25) is 9.59 Å². The lowest BCUT2D eigenvalue weighted by Crippen LogP contribution is -2.49. The van der Waals surface area contributed by atoms with Gasteiger partial charge in [-0.1, -0.05) is 47.6 Å². The lowest BCUT2D eigenvalue weighted by molar-refractivity contribution is -0.155. The average molecular weight is 672 g/mol. The number of nitrogens with zero attached hydrogens (tertiary/aromatic N) is 4. The Labute approximate surface area is 287 Å². The topological polar surface area (TPSA) is 164 Å². The predicted octanol–water partition coefficient (Wildman–Crippen LogP) is 6.39. The van der Waals surface area contributed by atoms with Gasteiger partial charge >= 0.3 is 5.97 Å². The average Bonchev–Trinajstić information content (AvgIpc) is 3.48. The number of benzene rings is 3. The van der Waals surface area contributed by atoms with Crippen LogP contribution < -0.4 is 14.8 Å². The summed E-state index contributed by atoms with van der Waals surface area (Å²) in [5, 5.41) is 15.9. The fraction of sp³-hybridized carbons (Fsp3) is 0.432. The molecule has 12 nitrogen and oxygen atoms in total. The van der Waals surface area contributed by atoms with E-state index in [4.69, 9.17) is 34.6 Å². The molecule has 1 heterocycles. The number of hydrogen-bond acceptors (Lipinski definition) is 9. The molecule has 0 radical (unpaired) electrons. The number of para-hydroxylation sites is 1. The van der Waals surface area contributed by atoms with Gasteiger partial charge in [0.1, 0.15) is 17.1 Å². The number of nitrogens with one attached hydrogen (secondary N) is 1. The molecule has 0 saturated carbocycles. The number of hydrogen-bond donors (Lipinski definition) is 2. The highest BCUT2D eigenvalue weighted by molar-refractivity contribution is 6.01. The quantitative estimate of drug-likeness (QED) is 0.0551. The number of rotatable bonds is 17. The molecule has 260 valence electrons. The van der Waals surface area contributed by atoms with Gasteiger partial charge in [0.05, 0.1) is 19.8 Å². The second-order valence-corrected chi connectivity index (χ2v) is 12.5. The number of aliphatic hydroxyl groups is 1. The molecule has 3 aromatic carbocycles. The van der Waals surface area contributed by atoms with Crippen LogP contribution in [0.4, 0.5) is 0 Å². The Bertz CT molecular complexity index is 1650. The van der Waals surface area contributed by atoms with Crippen molar-refractivity contribution in [1.29, 1.82) is 0 Å². The summed E-state index contributed by atoms with van der Waals surface area (Å²) in [5.74, 6) is 0.670. The van der Waals surface area contributed by atoms with Crippen molar-refractivity contribution in [2.75, 3.05) is 26.4 Å². The highest BCUT2D eigenvalue weighted by atomic mass is 16.6. The Morgan fingerprint density at radius 3 is 2.45 bits per heavy atom. The van der Waals surface area contributed by atoms with Crippen molar-refractivity contribution in [3.63, 3.8) is 0 Å². The van der Waals surface area contributed by atoms with E-state index in [0.717, 1.165) is 11.3 Å². The van der Waals surface area contributed by atoms with Crippen LogP contribution >= 0.6 is 0 Å². The largest absolute Gasteiger partial charge is 0.494 e. The molecule has 0 unspecified atom stereocenters. The molecule has 3 aromatic rings. The van der Waals surface area contributed by atoms with Crippen molar-refractivity contribution >= 4 is 17.8 Å². The first-order valence-electron chi connectivity index (χ1n) is 16.5. The van der Waals surface area contributed by atoms with Crippen LogP contribution in [0, 0.1) is 0 Å². The van der Waals surface area contributed by atoms with Gasteiger partial charge in [-0.15, -0.1) is 0 Å². The molecule has 0 bridgehead atoms. The molecule has 2 N–H and O–H groups in total. The number of esters is 1. The zero-order valence-corrected chi connectivity index (χ0v) is 28.6. The highest BCUT2D eigenvalue weighted by Crippen LogP contribution is 2.44. The van der Waals surface area contributed by atoms with Gasteiger partial charge in [-0.05, 0) is 93.1 Å². The summed E-state index contributed by atoms with van der Waals surface area (Å²) in [7, 11) is 0. The minimum Gasteiger partial charge on any atom is -0.494 e. The number of carbonyl (C=O) groups is 2. The van der Waals surface area contributed by atoms with E-state index in [1.807, 2.05) is 55.5 Å². The molecule has 12 heteroatoms. The van der Waals surface area contributed by atoms with E-state index in [1.165, 1.54) is 0 Å². The van der Waals surface area contributed by atoms with Crippen LogP contribution in [0.1, 0.15) is 75.3 Å². The Morgan fingerprint density at radius 1 is 1.04 bits per heavy atom. The lowest BCUT2D eigenvalue weighted by Gasteiger charge is -2.32. The Balaban J connectivity index is 1.75. The zero-order valence-electron chi connectivity index (χ0n) is 28.6. The summed E-state index contributed by atoms with van der Waals surface area (Å²) in [6, 6.07) is 22.0. The number of aliphatic hydroxyl groups excluding tert-OH is 1. The molecule has 4 rings (SSSR count). The zero-order chi connectivity index (χ0) is 35.3. The number of carbonyl (C=O) groups excluding carboxylic acids is 2. The molecule has 0 aromatic heterocycles. The summed E-state index contributed by atoms with van der Waals surface area (Å²) in [6.07, 6.45) is -0.0928. The molecule has 0 saturated heterocycles. The first-order chi connectivity index (χ1) is 23.6. The Morgan fingerprint density at radius 2 is 1.76 bits per heavy atom. The van der Waals surface area contributed by atoms with E-state index < -0.39 is 29.1 Å². The van der Waals surface area contributed by atoms with Gasteiger partial charge in [-0.25, -0.2) is 4.99 Å². The highest BCUT2D eigenvalue weighted by Gasteiger charge is 2.53. The van der Waals surface area contributed by atoms with Gasteiger partial charge in [0.15, 0.2) is 11.6 Å². The van der Waals surface area contributed by atoms with Crippen LogP contribution in [0.15, 0.2) is 82.9 Å². The van der Waals surface area contributed by atoms with E-state index in [1.54, 1.807) is 45.0 Å². The standard InChI is InChI=1S/C37H45N5O7/c1-5-46-31-14-9-7-11-26(31)20-22-39-35(45)37(21-19-32(44)49-36(2,3)4)33(30-13-8-6-12-28(30)25-40-42-38)48-34(41-37)27-15-17-29(18-16-27)47-24-10-23-43/h6-9,11-18,33,43H,5,10,19-25H2,1-4H3,(H,39,45)/t33-,37-/m1/s1. The molecule has 0 spiro atoms. The van der Waals surface area contributed by atoms with Crippen LogP contribution in [0.3, 0.4) is 0 Å². The van der Waals surface area contributed by atoms with Crippen molar-refractivity contribution in [1.82, 2.24) is 5.32 Å². The maximum atomic E-state index is 14.5. The minimum absolute atomic E-state index is 0.0182. The third-order valence-corrected chi connectivity index (χ3v) is 7.75. The van der Waals surface area contributed by atoms with Crippen LogP contribution in [0.2, 0.25) is 0 Å². The second-order valence-electron chi connectivity index (χ2n) is 12.5. The first-order valence-corrected chi connectivity index (χ1v) is 16.5. The van der Waals surface area contributed by atoms with Gasteiger partial charge < -0.3 is 29.4 Å². The summed E-state index contributed by atoms with van der Waals surface area (Å²) in [6.45, 7) is 8.48. The smallest absolute Gasteiger partial charge is 0.306 e. The van der Waals surface area contributed by atoms with Gasteiger partial charge in [0.25, 0.3) is 5.91 Å². The third-order valence-electron chi connectivity index (χ3n) is 7.75. The summed E-state index contributed by atoms with van der Waals surface area (Å²) < 4.78 is 23.7. The number of amides is 1. The van der Waals surface area contributed by atoms with Crippen molar-refractivity contribution in [3.05, 3.63) is 105 Å². The molecule has 1 aliphatic rings. The SMILES string of the molecule is CCOc1ccccc1CCNC(=O)[C@]1(CCC(=O)OC(C)(C)C)N=C(c2ccc(OCCCO)cc2)O[C@@H]1c1ccccc1CN=[N+]=[N-]. The van der Waals surface area contributed by atoms with Crippen molar-refractivity contribution in [3.8, 4) is 11.5 Å². The molecule has 0 aliphatic carbocycles. The summed E-state index contributed by atoms with van der Waals surface area (Å²) in [5.41, 5.74) is 9.60. The van der Waals surface area contributed by atoms with Crippen LogP contribution in [0.5, 0.6) is 11.5 Å². The third kappa shape index (κ3) is 9.98. The maximum absolute atomic E-state index is 14.5. The summed E-state index contributed by atoms with van der Waals surface area (Å²) in [4.78, 5) is 35.6. The van der Waals surface area contributed by atoms with Crippen molar-refractivity contribution in [2.45, 2.75) is 77.2 Å². The monoisotopic (exact) mass is 671 g/mol. The van der Waals surface area contributed by atoms with Crippen molar-refractivity contribution < 1.29 is 33.6 Å². The fourth-order valence-corrected chi connectivity index (χ4v) is 5.54. The maximum Gasteiger partial charge on any atom is 0.306 e. The minimum atomic E-state index is -1.59. The molecule has 0 fully saturated rings. The lowest BCUT2D eigenvalue weighted by atomic mass is 9.81. The first kappa shape index (κ1) is 36.8. The van der Waals surface area contributed by atoms with E-state index in [2.05, 4.69) is 15.3 Å². The number of azide groups is 1. The van der Waals surface area contributed by atoms with Crippen LogP contribution in [0.25, 0.3) is 10.4 Å². The van der Waals surface area contributed by atoms with Gasteiger partial charge in [0.2, 0.25) is 5.90 Å². The molecule has 1 amide bonds. The Hall–Kier alpha value is -5.06. The van der Waals surface area contributed by atoms with Crippen LogP contribution in [-0.4, -0.2) is 60.4 Å².